The van der Waals surface area contributed by atoms with E-state index in [1.165, 1.54) is 10.9 Å². The van der Waals surface area contributed by atoms with E-state index in [1.54, 1.807) is 0 Å². The Morgan fingerprint density at radius 2 is 2.04 bits per heavy atom. The van der Waals surface area contributed by atoms with Crippen LogP contribution in [0.4, 0.5) is 0 Å². The molecule has 3 atom stereocenters. The molecule has 0 bridgehead atoms. The smallest absolute Gasteiger partial charge is 0.220 e. The lowest BCUT2D eigenvalue weighted by Crippen LogP contribution is -2.52. The number of benzene rings is 1. The topological polar surface area (TPSA) is 57.4 Å². The van der Waals surface area contributed by atoms with Crippen molar-refractivity contribution in [1.82, 2.24) is 15.2 Å². The van der Waals surface area contributed by atoms with Crippen molar-refractivity contribution in [1.29, 1.82) is 0 Å². The normalized spacial score (nSPS) is 22.8. The highest BCUT2D eigenvalue weighted by Gasteiger charge is 2.25. The van der Waals surface area contributed by atoms with Gasteiger partial charge >= 0.3 is 0 Å². The zero-order valence-electron chi connectivity index (χ0n) is 15.4. The molecule has 3 rings (SSSR count). The van der Waals surface area contributed by atoms with Crippen LogP contribution < -0.4 is 5.32 Å². The van der Waals surface area contributed by atoms with Crippen molar-refractivity contribution in [3.05, 3.63) is 36.0 Å². The maximum atomic E-state index is 12.2. The number of aromatic amines is 1. The molecule has 5 nitrogen and oxygen atoms in total. The van der Waals surface area contributed by atoms with Crippen LogP contribution in [0.2, 0.25) is 0 Å². The van der Waals surface area contributed by atoms with E-state index in [9.17, 15) is 4.79 Å². The van der Waals surface area contributed by atoms with Crippen LogP contribution in [0.3, 0.4) is 0 Å². The largest absolute Gasteiger partial charge is 0.373 e. The number of ether oxygens (including phenoxy) is 1. The second-order valence-electron chi connectivity index (χ2n) is 7.22. The van der Waals surface area contributed by atoms with Crippen molar-refractivity contribution in [3.8, 4) is 0 Å². The molecule has 1 aliphatic rings. The Bertz CT molecular complexity index is 702. The van der Waals surface area contributed by atoms with Crippen molar-refractivity contribution >= 4 is 16.8 Å². The molecule has 0 aliphatic carbocycles. The molecular weight excluding hydrogens is 314 g/mol. The quantitative estimate of drug-likeness (QED) is 0.848. The van der Waals surface area contributed by atoms with Gasteiger partial charge in [-0.05, 0) is 38.8 Å². The van der Waals surface area contributed by atoms with E-state index in [0.717, 1.165) is 25.0 Å². The number of aryl methyl sites for hydroxylation is 1. The van der Waals surface area contributed by atoms with Crippen molar-refractivity contribution in [2.24, 2.45) is 0 Å². The second-order valence-corrected chi connectivity index (χ2v) is 7.22. The number of hydrogen-bond donors (Lipinski definition) is 2. The van der Waals surface area contributed by atoms with E-state index >= 15 is 0 Å². The second kappa shape index (κ2) is 8.02. The highest BCUT2D eigenvalue weighted by atomic mass is 16.5. The summed E-state index contributed by atoms with van der Waals surface area (Å²) < 4.78 is 5.78. The van der Waals surface area contributed by atoms with Gasteiger partial charge in [-0.25, -0.2) is 0 Å². The average molecular weight is 343 g/mol. The predicted molar refractivity (Wildman–Crippen MR) is 101 cm³/mol. The molecule has 1 aliphatic heterocycles. The van der Waals surface area contributed by atoms with Crippen LogP contribution in [0, 0.1) is 0 Å². The van der Waals surface area contributed by atoms with Crippen LogP contribution in [-0.4, -0.2) is 53.7 Å². The third-order valence-corrected chi connectivity index (χ3v) is 4.96. The Morgan fingerprint density at radius 3 is 2.80 bits per heavy atom. The summed E-state index contributed by atoms with van der Waals surface area (Å²) in [6.45, 7) is 8.93. The lowest BCUT2D eigenvalue weighted by atomic mass is 10.1. The van der Waals surface area contributed by atoms with Crippen LogP contribution in [0.5, 0.6) is 0 Å². The Hall–Kier alpha value is -1.85. The van der Waals surface area contributed by atoms with E-state index in [4.69, 9.17) is 4.74 Å². The average Bonchev–Trinajstić information content (AvgIpc) is 3.00. The van der Waals surface area contributed by atoms with Crippen LogP contribution in [0.25, 0.3) is 10.9 Å². The number of nitrogens with zero attached hydrogens (tertiary/aromatic N) is 1. The molecule has 2 N–H and O–H groups in total. The fourth-order valence-corrected chi connectivity index (χ4v) is 3.64. The minimum absolute atomic E-state index is 0.117. The van der Waals surface area contributed by atoms with Gasteiger partial charge in [0.1, 0.15) is 0 Å². The summed E-state index contributed by atoms with van der Waals surface area (Å²) in [4.78, 5) is 17.9. The molecule has 1 saturated heterocycles. The van der Waals surface area contributed by atoms with Gasteiger partial charge in [0.15, 0.2) is 0 Å². The molecule has 0 radical (unpaired) electrons. The van der Waals surface area contributed by atoms with Crippen molar-refractivity contribution in [3.63, 3.8) is 0 Å². The first kappa shape index (κ1) is 18.0. The summed E-state index contributed by atoms with van der Waals surface area (Å²) in [7, 11) is 0. The lowest BCUT2D eigenvalue weighted by Gasteiger charge is -2.39. The third-order valence-electron chi connectivity index (χ3n) is 4.96. The number of aromatic nitrogens is 1. The first-order chi connectivity index (χ1) is 12.0. The molecule has 2 heterocycles. The fraction of sp³-hybridized carbons (Fsp3) is 0.550. The van der Waals surface area contributed by atoms with Gasteiger partial charge in [0.25, 0.3) is 0 Å². The standard InChI is InChI=1S/C20H29N3O2/c1-14(23-12-15(2)25-16(3)13-23)10-22-20(24)9-8-17-11-21-19-7-5-4-6-18(17)19/h4-7,11,14-16,21H,8-10,12-13H2,1-3H3,(H,22,24). The van der Waals surface area contributed by atoms with Gasteiger partial charge < -0.3 is 15.0 Å². The number of morpholine rings is 1. The molecule has 1 amide bonds. The number of amides is 1. The molecular formula is C20H29N3O2. The molecule has 3 unspecified atom stereocenters. The molecule has 25 heavy (non-hydrogen) atoms. The van der Waals surface area contributed by atoms with Crippen molar-refractivity contribution in [2.75, 3.05) is 19.6 Å². The summed E-state index contributed by atoms with van der Waals surface area (Å²) in [5.74, 6) is 0.117. The van der Waals surface area contributed by atoms with Gasteiger partial charge in [-0.2, -0.15) is 0 Å². The van der Waals surface area contributed by atoms with Gasteiger partial charge in [-0.15, -0.1) is 0 Å². The number of para-hydroxylation sites is 1. The Balaban J connectivity index is 1.45. The Morgan fingerprint density at radius 1 is 1.32 bits per heavy atom. The molecule has 1 aromatic carbocycles. The first-order valence-electron chi connectivity index (χ1n) is 9.24. The van der Waals surface area contributed by atoms with Gasteiger partial charge in [-0.1, -0.05) is 18.2 Å². The first-order valence-corrected chi connectivity index (χ1v) is 9.24. The SMILES string of the molecule is CC1CN(C(C)CNC(=O)CCc2c[nH]c3ccccc23)CC(C)O1. The van der Waals surface area contributed by atoms with Gasteiger partial charge in [0.2, 0.25) is 5.91 Å². The van der Waals surface area contributed by atoms with Crippen LogP contribution >= 0.6 is 0 Å². The highest BCUT2D eigenvalue weighted by Crippen LogP contribution is 2.19. The summed E-state index contributed by atoms with van der Waals surface area (Å²) in [5, 5.41) is 4.30. The number of carbonyl (C=O) groups excluding carboxylic acids is 1. The summed E-state index contributed by atoms with van der Waals surface area (Å²) in [6.07, 6.45) is 3.80. The number of hydrogen-bond acceptors (Lipinski definition) is 3. The zero-order chi connectivity index (χ0) is 17.8. The van der Waals surface area contributed by atoms with E-state index in [-0.39, 0.29) is 18.1 Å². The van der Waals surface area contributed by atoms with E-state index in [1.807, 2.05) is 18.3 Å². The number of H-pyrrole nitrogens is 1. The predicted octanol–water partition coefficient (Wildman–Crippen LogP) is 2.71. The summed E-state index contributed by atoms with van der Waals surface area (Å²) in [6, 6.07) is 8.54. The minimum atomic E-state index is 0.117. The number of carbonyl (C=O) groups is 1. The number of fused-ring (bicyclic) bond motifs is 1. The molecule has 1 aromatic heterocycles. The molecule has 5 heteroatoms. The van der Waals surface area contributed by atoms with E-state index < -0.39 is 0 Å². The van der Waals surface area contributed by atoms with Gasteiger partial charge in [0.05, 0.1) is 12.2 Å². The van der Waals surface area contributed by atoms with Crippen LogP contribution in [0.1, 0.15) is 32.8 Å². The van der Waals surface area contributed by atoms with Crippen molar-refractivity contribution in [2.45, 2.75) is 51.9 Å². The number of nitrogens with one attached hydrogen (secondary N) is 2. The van der Waals surface area contributed by atoms with E-state index in [0.29, 0.717) is 19.0 Å². The molecule has 2 aromatic rings. The Kier molecular flexibility index (Phi) is 5.76. The zero-order valence-corrected chi connectivity index (χ0v) is 15.4. The van der Waals surface area contributed by atoms with Crippen molar-refractivity contribution < 1.29 is 9.53 Å². The van der Waals surface area contributed by atoms with E-state index in [2.05, 4.69) is 48.1 Å². The fourth-order valence-electron chi connectivity index (χ4n) is 3.64. The molecule has 0 spiro atoms. The number of rotatable bonds is 6. The monoisotopic (exact) mass is 343 g/mol. The summed E-state index contributed by atoms with van der Waals surface area (Å²) in [5.41, 5.74) is 2.33. The molecule has 0 saturated carbocycles. The maximum Gasteiger partial charge on any atom is 0.220 e. The summed E-state index contributed by atoms with van der Waals surface area (Å²) >= 11 is 0. The minimum Gasteiger partial charge on any atom is -0.373 e. The van der Waals surface area contributed by atoms with Gasteiger partial charge in [-0.3, -0.25) is 9.69 Å². The lowest BCUT2D eigenvalue weighted by molar-refractivity contribution is -0.121. The van der Waals surface area contributed by atoms with Crippen LogP contribution in [0.15, 0.2) is 30.5 Å². The van der Waals surface area contributed by atoms with Crippen LogP contribution in [-0.2, 0) is 16.0 Å². The maximum absolute atomic E-state index is 12.2. The third kappa shape index (κ3) is 4.61. The highest BCUT2D eigenvalue weighted by molar-refractivity contribution is 5.84. The molecule has 1 fully saturated rings. The Labute approximate surface area is 149 Å². The van der Waals surface area contributed by atoms with Gasteiger partial charge in [0, 0.05) is 49.2 Å². The molecule has 136 valence electrons.